The number of amides is 2. The van der Waals surface area contributed by atoms with Crippen LogP contribution in [-0.2, 0) is 15.7 Å². The topological polar surface area (TPSA) is 62.2 Å². The van der Waals surface area contributed by atoms with Crippen molar-refractivity contribution in [1.82, 2.24) is 9.80 Å². The van der Waals surface area contributed by atoms with Crippen LogP contribution in [0.25, 0.3) is 0 Å². The van der Waals surface area contributed by atoms with Crippen LogP contribution in [0.2, 0.25) is 0 Å². The van der Waals surface area contributed by atoms with E-state index in [0.717, 1.165) is 17.2 Å². The third kappa shape index (κ3) is 4.10. The van der Waals surface area contributed by atoms with Crippen LogP contribution in [0, 0.1) is 5.82 Å². The molecule has 0 saturated carbocycles. The largest absolute Gasteiger partial charge is 0.453 e. The molecule has 6 nitrogen and oxygen atoms in total. The molecular weight excluding hydrogens is 430 g/mol. The Bertz CT molecular complexity index is 995. The van der Waals surface area contributed by atoms with Gasteiger partial charge in [-0.3, -0.25) is 9.79 Å². The molecule has 1 saturated heterocycles. The predicted octanol–water partition coefficient (Wildman–Crippen LogP) is 3.77. The second-order valence-corrected chi connectivity index (χ2v) is 8.16. The van der Waals surface area contributed by atoms with Crippen molar-refractivity contribution in [2.75, 3.05) is 39.8 Å². The summed E-state index contributed by atoms with van der Waals surface area (Å²) < 4.78 is 58.9. The molecule has 3 aliphatic rings. The number of aliphatic imine (C=N–C) groups is 1. The summed E-state index contributed by atoms with van der Waals surface area (Å²) in [6.45, 7) is 1.67. The zero-order valence-electron chi connectivity index (χ0n) is 17.5. The van der Waals surface area contributed by atoms with Gasteiger partial charge in [-0.25, -0.2) is 9.18 Å². The molecule has 2 amide bonds. The van der Waals surface area contributed by atoms with E-state index in [2.05, 4.69) is 4.99 Å². The van der Waals surface area contributed by atoms with E-state index in [1.807, 2.05) is 0 Å². The summed E-state index contributed by atoms with van der Waals surface area (Å²) in [6, 6.07) is 3.42. The number of carbonyl (C=O) groups is 2. The number of benzene rings is 1. The Kier molecular flexibility index (Phi) is 5.96. The van der Waals surface area contributed by atoms with Gasteiger partial charge in [0.2, 0.25) is 0 Å². The van der Waals surface area contributed by atoms with Gasteiger partial charge in [0.05, 0.1) is 25.8 Å². The van der Waals surface area contributed by atoms with E-state index in [1.165, 1.54) is 24.1 Å². The molecule has 1 aromatic rings. The van der Waals surface area contributed by atoms with Crippen molar-refractivity contribution < 1.29 is 31.9 Å². The van der Waals surface area contributed by atoms with E-state index in [9.17, 15) is 27.2 Å². The van der Waals surface area contributed by atoms with E-state index in [-0.39, 0.29) is 31.1 Å². The monoisotopic (exact) mass is 453 g/mol. The minimum atomic E-state index is -4.78. The zero-order valence-corrected chi connectivity index (χ0v) is 17.5. The highest BCUT2D eigenvalue weighted by Gasteiger charge is 2.40. The molecule has 0 atom stereocenters. The molecule has 0 spiro atoms. The lowest BCUT2D eigenvalue weighted by molar-refractivity contribution is -0.141. The van der Waals surface area contributed by atoms with Crippen LogP contribution in [0.5, 0.6) is 0 Å². The second-order valence-electron chi connectivity index (χ2n) is 8.16. The molecular formula is C22H23F4N3O3. The molecule has 0 unspecified atom stereocenters. The number of carbonyl (C=O) groups excluding carboxylic acids is 2. The highest BCUT2D eigenvalue weighted by molar-refractivity contribution is 6.46. The number of halogens is 4. The number of hydrogen-bond donors (Lipinski definition) is 0. The minimum Gasteiger partial charge on any atom is -0.453 e. The molecule has 1 fully saturated rings. The molecule has 4 rings (SSSR count). The molecule has 3 heterocycles. The normalized spacial score (nSPS) is 19.7. The molecule has 0 N–H and O–H groups in total. The van der Waals surface area contributed by atoms with Crippen LogP contribution < -0.4 is 0 Å². The van der Waals surface area contributed by atoms with E-state index in [0.29, 0.717) is 38.1 Å². The Balaban J connectivity index is 1.45. The van der Waals surface area contributed by atoms with E-state index in [4.69, 9.17) is 4.74 Å². The second kappa shape index (κ2) is 8.55. The first-order chi connectivity index (χ1) is 15.2. The van der Waals surface area contributed by atoms with Crippen molar-refractivity contribution in [2.24, 2.45) is 4.99 Å². The van der Waals surface area contributed by atoms with Gasteiger partial charge in [-0.2, -0.15) is 13.2 Å². The number of nitrogens with zero attached hydrogens (tertiary/aromatic N) is 3. The number of likely N-dealkylation sites (tertiary alicyclic amines) is 1. The van der Waals surface area contributed by atoms with Gasteiger partial charge >= 0.3 is 12.3 Å². The molecule has 172 valence electrons. The number of ether oxygens (including phenoxy) is 1. The first kappa shape index (κ1) is 22.3. The summed E-state index contributed by atoms with van der Waals surface area (Å²) >= 11 is 0. The lowest BCUT2D eigenvalue weighted by Crippen LogP contribution is -2.44. The Hall–Kier alpha value is -2.91. The molecule has 32 heavy (non-hydrogen) atoms. The molecule has 3 aliphatic heterocycles. The number of piperidine rings is 1. The number of rotatable bonds is 2. The SMILES string of the molecule is COC(=O)N1CCC2=C(C1)C(C(=O)N1CCC(c3cccc(F)c3C(F)(F)F)CC1)=NC2. The summed E-state index contributed by atoms with van der Waals surface area (Å²) in [5, 5.41) is 0. The quantitative estimate of drug-likeness (QED) is 0.641. The summed E-state index contributed by atoms with van der Waals surface area (Å²) in [5.74, 6) is -2.05. The van der Waals surface area contributed by atoms with Gasteiger partial charge in [-0.1, -0.05) is 12.1 Å². The van der Waals surface area contributed by atoms with Crippen LogP contribution >= 0.6 is 0 Å². The lowest BCUT2D eigenvalue weighted by Gasteiger charge is -2.34. The average Bonchev–Trinajstić information content (AvgIpc) is 3.20. The van der Waals surface area contributed by atoms with Crippen LogP contribution in [0.1, 0.15) is 36.3 Å². The van der Waals surface area contributed by atoms with Gasteiger partial charge < -0.3 is 14.5 Å². The highest BCUT2D eigenvalue weighted by atomic mass is 19.4. The maximum atomic E-state index is 13.9. The zero-order chi connectivity index (χ0) is 23.0. The van der Waals surface area contributed by atoms with Gasteiger partial charge in [0, 0.05) is 25.2 Å². The molecule has 0 bridgehead atoms. The maximum Gasteiger partial charge on any atom is 0.419 e. The van der Waals surface area contributed by atoms with Crippen molar-refractivity contribution in [1.29, 1.82) is 0 Å². The van der Waals surface area contributed by atoms with Crippen molar-refractivity contribution in [3.63, 3.8) is 0 Å². The predicted molar refractivity (Wildman–Crippen MR) is 108 cm³/mol. The minimum absolute atomic E-state index is 0.0613. The maximum absolute atomic E-state index is 13.9. The Morgan fingerprint density at radius 1 is 1.12 bits per heavy atom. The molecule has 0 aliphatic carbocycles. The van der Waals surface area contributed by atoms with Crippen molar-refractivity contribution in [3.05, 3.63) is 46.3 Å². The van der Waals surface area contributed by atoms with Crippen LogP contribution in [-0.4, -0.2) is 67.3 Å². The van der Waals surface area contributed by atoms with Gasteiger partial charge in [0.15, 0.2) is 0 Å². The van der Waals surface area contributed by atoms with Crippen molar-refractivity contribution >= 4 is 17.7 Å². The number of methoxy groups -OCH3 is 1. The van der Waals surface area contributed by atoms with Gasteiger partial charge in [0.1, 0.15) is 11.5 Å². The van der Waals surface area contributed by atoms with E-state index in [1.54, 1.807) is 4.90 Å². The first-order valence-corrected chi connectivity index (χ1v) is 10.4. The molecule has 1 aromatic carbocycles. The smallest absolute Gasteiger partial charge is 0.419 e. The molecule has 0 aromatic heterocycles. The summed E-state index contributed by atoms with van der Waals surface area (Å²) in [7, 11) is 1.30. The standard InChI is InChI=1S/C22H23F4N3O3/c1-32-21(31)29-10-7-14-11-27-19(16(14)12-29)20(30)28-8-5-13(6-9-28)15-3-2-4-17(23)18(15)22(24,25)26/h2-4,13H,5-12H2,1H3. The third-order valence-corrected chi connectivity index (χ3v) is 6.36. The van der Waals surface area contributed by atoms with Crippen LogP contribution in [0.15, 0.2) is 34.3 Å². The van der Waals surface area contributed by atoms with Crippen LogP contribution in [0.4, 0.5) is 22.4 Å². The van der Waals surface area contributed by atoms with Gasteiger partial charge in [-0.05, 0) is 42.4 Å². The van der Waals surface area contributed by atoms with Gasteiger partial charge in [-0.15, -0.1) is 0 Å². The number of alkyl halides is 3. The molecule has 10 heteroatoms. The Morgan fingerprint density at radius 2 is 1.84 bits per heavy atom. The van der Waals surface area contributed by atoms with E-state index < -0.39 is 29.6 Å². The Morgan fingerprint density at radius 3 is 2.50 bits per heavy atom. The Labute approximate surface area is 182 Å². The average molecular weight is 453 g/mol. The fourth-order valence-electron chi connectivity index (χ4n) is 4.69. The van der Waals surface area contributed by atoms with E-state index >= 15 is 0 Å². The lowest BCUT2D eigenvalue weighted by atomic mass is 9.85. The fourth-order valence-corrected chi connectivity index (χ4v) is 4.69. The van der Waals surface area contributed by atoms with Crippen LogP contribution in [0.3, 0.4) is 0 Å². The van der Waals surface area contributed by atoms with Crippen molar-refractivity contribution in [3.8, 4) is 0 Å². The van der Waals surface area contributed by atoms with Gasteiger partial charge in [0.25, 0.3) is 5.91 Å². The van der Waals surface area contributed by atoms with Crippen molar-refractivity contribution in [2.45, 2.75) is 31.4 Å². The summed E-state index contributed by atoms with van der Waals surface area (Å²) in [4.78, 5) is 32.5. The summed E-state index contributed by atoms with van der Waals surface area (Å²) in [5.41, 5.74) is 0.795. The third-order valence-electron chi connectivity index (χ3n) is 6.36. The fraction of sp³-hybridized carbons (Fsp3) is 0.500. The number of hydrogen-bond acceptors (Lipinski definition) is 4. The first-order valence-electron chi connectivity index (χ1n) is 10.4. The highest BCUT2D eigenvalue weighted by Crippen LogP contribution is 2.40. The summed E-state index contributed by atoms with van der Waals surface area (Å²) in [6.07, 6.45) is -4.03. The molecule has 0 radical (unpaired) electrons.